The highest BCUT2D eigenvalue weighted by atomic mass is 16.6. The lowest BCUT2D eigenvalue weighted by Crippen LogP contribution is -2.46. The van der Waals surface area contributed by atoms with Crippen molar-refractivity contribution in [2.45, 2.75) is 12.5 Å². The van der Waals surface area contributed by atoms with Crippen LogP contribution in [0.5, 0.6) is 0 Å². The van der Waals surface area contributed by atoms with Gasteiger partial charge in [0.25, 0.3) is 0 Å². The number of esters is 2. The second-order valence-electron chi connectivity index (χ2n) is 8.61. The van der Waals surface area contributed by atoms with Crippen LogP contribution in [0.3, 0.4) is 0 Å². The summed E-state index contributed by atoms with van der Waals surface area (Å²) in [5, 5.41) is 20.9. The van der Waals surface area contributed by atoms with Crippen LogP contribution < -0.4 is 4.90 Å². The molecule has 0 amide bonds. The van der Waals surface area contributed by atoms with Crippen LogP contribution in [0.15, 0.2) is 77.3 Å². The summed E-state index contributed by atoms with van der Waals surface area (Å²) in [7, 11) is 0. The second-order valence-corrected chi connectivity index (χ2v) is 8.61. The summed E-state index contributed by atoms with van der Waals surface area (Å²) in [4.78, 5) is 29.7. The van der Waals surface area contributed by atoms with Crippen LogP contribution in [-0.2, 0) is 25.6 Å². The zero-order valence-electron chi connectivity index (χ0n) is 18.6. The van der Waals surface area contributed by atoms with Crippen LogP contribution in [0.25, 0.3) is 0 Å². The number of aliphatic hydroxyl groups is 2. The van der Waals surface area contributed by atoms with Gasteiger partial charge in [-0.15, -0.1) is 0 Å². The monoisotopic (exact) mass is 462 g/mol. The Kier molecular flexibility index (Phi) is 5.98. The van der Waals surface area contributed by atoms with Crippen molar-refractivity contribution in [3.05, 3.63) is 88.4 Å². The summed E-state index contributed by atoms with van der Waals surface area (Å²) in [6, 6.07) is 17.8. The minimum absolute atomic E-state index is 0.0319. The second kappa shape index (κ2) is 9.23. The number of ether oxygens (including phenoxy) is 2. The van der Waals surface area contributed by atoms with Crippen LogP contribution in [0.4, 0.5) is 5.69 Å². The summed E-state index contributed by atoms with van der Waals surface area (Å²) in [6.07, 6.45) is 0. The van der Waals surface area contributed by atoms with Crippen LogP contribution in [0.2, 0.25) is 0 Å². The molecule has 2 aromatic carbocycles. The quantitative estimate of drug-likeness (QED) is 0.633. The van der Waals surface area contributed by atoms with Gasteiger partial charge in [0.1, 0.15) is 24.7 Å². The Hall–Kier alpha value is -3.78. The average Bonchev–Trinajstić information content (AvgIpc) is 3.37. The number of aliphatic hydroxyl groups excluding tert-OH is 2. The Morgan fingerprint density at radius 3 is 1.88 bits per heavy atom. The molecule has 5 rings (SSSR count). The molecule has 0 unspecified atom stereocenters. The molecule has 3 aliphatic heterocycles. The minimum Gasteiger partial charge on any atom is -0.508 e. The fraction of sp³-hybridized carbons (Fsp3) is 0.308. The summed E-state index contributed by atoms with van der Waals surface area (Å²) < 4.78 is 10.1. The number of benzene rings is 2. The molecule has 0 atom stereocenters. The van der Waals surface area contributed by atoms with Gasteiger partial charge in [-0.2, -0.15) is 0 Å². The minimum atomic E-state index is -0.983. The first-order valence-electron chi connectivity index (χ1n) is 11.3. The van der Waals surface area contributed by atoms with Gasteiger partial charge in [0.05, 0.1) is 17.1 Å². The van der Waals surface area contributed by atoms with Gasteiger partial charge in [0.15, 0.2) is 0 Å². The Labute approximate surface area is 197 Å². The van der Waals surface area contributed by atoms with Gasteiger partial charge in [-0.1, -0.05) is 48.5 Å². The normalized spacial score (nSPS) is 19.3. The lowest BCUT2D eigenvalue weighted by atomic mass is 9.82. The van der Waals surface area contributed by atoms with Crippen molar-refractivity contribution in [2.75, 3.05) is 44.3 Å². The van der Waals surface area contributed by atoms with Crippen molar-refractivity contribution in [1.29, 1.82) is 0 Å². The van der Waals surface area contributed by atoms with Gasteiger partial charge in [-0.05, 0) is 17.2 Å². The van der Waals surface area contributed by atoms with Crippen molar-refractivity contribution >= 4 is 17.6 Å². The number of carbonyl (C=O) groups is 2. The molecule has 8 heteroatoms. The molecular weight excluding hydrogens is 436 g/mol. The van der Waals surface area contributed by atoms with E-state index >= 15 is 0 Å². The number of anilines is 1. The first-order chi connectivity index (χ1) is 16.5. The Morgan fingerprint density at radius 2 is 1.32 bits per heavy atom. The molecule has 0 saturated carbocycles. The number of nitrogens with zero attached hydrogens (tertiary/aromatic N) is 2. The molecular formula is C26H26N2O6. The molecule has 0 aromatic heterocycles. The van der Waals surface area contributed by atoms with E-state index in [2.05, 4.69) is 21.9 Å². The molecule has 3 aliphatic rings. The number of piperazine rings is 1. The number of cyclic esters (lactones) is 2. The first-order valence-corrected chi connectivity index (χ1v) is 11.3. The standard InChI is InChI=1S/C26H26N2O6/c29-20-15-33-25(31)23(20)22(24-21(30)16-34-26(24)32)18-8-4-5-9-19(18)28-12-10-27(11-13-28)14-17-6-2-1-3-7-17/h1-9,22,29-30H,10-16H2. The summed E-state index contributed by atoms with van der Waals surface area (Å²) in [5.74, 6) is -2.87. The smallest absolute Gasteiger partial charge is 0.338 e. The zero-order valence-corrected chi connectivity index (χ0v) is 18.6. The molecule has 8 nitrogen and oxygen atoms in total. The largest absolute Gasteiger partial charge is 0.508 e. The Balaban J connectivity index is 1.45. The van der Waals surface area contributed by atoms with Crippen molar-refractivity contribution in [3.63, 3.8) is 0 Å². The predicted molar refractivity (Wildman–Crippen MR) is 124 cm³/mol. The van der Waals surface area contributed by atoms with Gasteiger partial charge in [-0.25, -0.2) is 9.59 Å². The average molecular weight is 463 g/mol. The SMILES string of the molecule is O=C1OCC(O)=C1C(C1=C(O)COC1=O)c1ccccc1N1CCN(Cc2ccccc2)CC1. The van der Waals surface area contributed by atoms with Crippen molar-refractivity contribution in [1.82, 2.24) is 4.90 Å². The highest BCUT2D eigenvalue weighted by Gasteiger charge is 2.43. The Bertz CT molecular complexity index is 1120. The highest BCUT2D eigenvalue weighted by molar-refractivity contribution is 6.01. The van der Waals surface area contributed by atoms with E-state index < -0.39 is 17.9 Å². The maximum atomic E-state index is 12.6. The number of rotatable bonds is 6. The molecule has 2 aromatic rings. The lowest BCUT2D eigenvalue weighted by Gasteiger charge is -2.38. The summed E-state index contributed by atoms with van der Waals surface area (Å²) >= 11 is 0. The zero-order chi connectivity index (χ0) is 23.7. The number of carbonyl (C=O) groups excluding carboxylic acids is 2. The van der Waals surface area contributed by atoms with Crippen LogP contribution in [-0.4, -0.2) is 66.4 Å². The summed E-state index contributed by atoms with van der Waals surface area (Å²) in [6.45, 7) is 3.56. The van der Waals surface area contributed by atoms with E-state index in [1.54, 1.807) is 0 Å². The molecule has 1 saturated heterocycles. The third-order valence-corrected chi connectivity index (χ3v) is 6.53. The third-order valence-electron chi connectivity index (χ3n) is 6.53. The van der Waals surface area contributed by atoms with Crippen LogP contribution in [0.1, 0.15) is 17.0 Å². The van der Waals surface area contributed by atoms with E-state index in [0.717, 1.165) is 38.4 Å². The third kappa shape index (κ3) is 4.12. The van der Waals surface area contributed by atoms with Gasteiger partial charge < -0.3 is 24.6 Å². The van der Waals surface area contributed by atoms with E-state index in [9.17, 15) is 19.8 Å². The maximum absolute atomic E-state index is 12.6. The van der Waals surface area contributed by atoms with Crippen molar-refractivity contribution < 1.29 is 29.3 Å². The van der Waals surface area contributed by atoms with E-state index in [1.165, 1.54) is 5.56 Å². The van der Waals surface area contributed by atoms with Gasteiger partial charge >= 0.3 is 11.9 Å². The highest BCUT2D eigenvalue weighted by Crippen LogP contribution is 2.43. The van der Waals surface area contributed by atoms with E-state index in [4.69, 9.17) is 9.47 Å². The molecule has 0 radical (unpaired) electrons. The number of hydrogen-bond donors (Lipinski definition) is 2. The van der Waals surface area contributed by atoms with Gasteiger partial charge in [0, 0.05) is 38.4 Å². The molecule has 0 spiro atoms. The van der Waals surface area contributed by atoms with E-state index in [-0.39, 0.29) is 35.9 Å². The van der Waals surface area contributed by atoms with Gasteiger partial charge in [-0.3, -0.25) is 4.90 Å². The molecule has 3 heterocycles. The molecule has 1 fully saturated rings. The summed E-state index contributed by atoms with van der Waals surface area (Å²) in [5.41, 5.74) is 2.68. The molecule has 176 valence electrons. The number of para-hydroxylation sites is 1. The topological polar surface area (TPSA) is 99.5 Å². The lowest BCUT2D eigenvalue weighted by molar-refractivity contribution is -0.136. The fourth-order valence-electron chi connectivity index (χ4n) is 4.85. The fourth-order valence-corrected chi connectivity index (χ4v) is 4.85. The number of hydrogen-bond acceptors (Lipinski definition) is 8. The molecule has 2 N–H and O–H groups in total. The molecule has 34 heavy (non-hydrogen) atoms. The van der Waals surface area contributed by atoms with Crippen LogP contribution in [0, 0.1) is 0 Å². The predicted octanol–water partition coefficient (Wildman–Crippen LogP) is 2.83. The van der Waals surface area contributed by atoms with Crippen molar-refractivity contribution in [3.8, 4) is 0 Å². The molecule has 0 bridgehead atoms. The first kappa shape index (κ1) is 22.0. The molecule has 0 aliphatic carbocycles. The Morgan fingerprint density at radius 1 is 0.765 bits per heavy atom. The van der Waals surface area contributed by atoms with Crippen molar-refractivity contribution in [2.24, 2.45) is 0 Å². The van der Waals surface area contributed by atoms with Gasteiger partial charge in [0.2, 0.25) is 0 Å². The van der Waals surface area contributed by atoms with Crippen LogP contribution >= 0.6 is 0 Å². The van der Waals surface area contributed by atoms with E-state index in [0.29, 0.717) is 5.56 Å². The van der Waals surface area contributed by atoms with E-state index in [1.807, 2.05) is 42.5 Å². The maximum Gasteiger partial charge on any atom is 0.338 e.